The molecule has 108 valence electrons. The van der Waals surface area contributed by atoms with Gasteiger partial charge in [-0.05, 0) is 44.2 Å². The molecule has 0 spiro atoms. The van der Waals surface area contributed by atoms with E-state index in [-0.39, 0.29) is 5.75 Å². The predicted octanol–water partition coefficient (Wildman–Crippen LogP) is 2.62. The van der Waals surface area contributed by atoms with Crippen molar-refractivity contribution in [3.63, 3.8) is 0 Å². The van der Waals surface area contributed by atoms with Crippen LogP contribution in [0.5, 0.6) is 0 Å². The first-order valence-corrected chi connectivity index (χ1v) is 9.26. The van der Waals surface area contributed by atoms with Gasteiger partial charge in [-0.25, -0.2) is 8.42 Å². The topological polar surface area (TPSA) is 46.2 Å². The van der Waals surface area contributed by atoms with Gasteiger partial charge in [-0.15, -0.1) is 0 Å². The number of hydrogen-bond donors (Lipinski definition) is 1. The van der Waals surface area contributed by atoms with Crippen molar-refractivity contribution in [3.05, 3.63) is 0 Å². The lowest BCUT2D eigenvalue weighted by atomic mass is 9.81. The summed E-state index contributed by atoms with van der Waals surface area (Å²) in [6.07, 6.45) is 7.56. The average molecular weight is 275 g/mol. The van der Waals surface area contributed by atoms with Crippen molar-refractivity contribution in [3.8, 4) is 0 Å². The van der Waals surface area contributed by atoms with Crippen LogP contribution in [0.2, 0.25) is 0 Å². The van der Waals surface area contributed by atoms with E-state index in [4.69, 9.17) is 0 Å². The summed E-state index contributed by atoms with van der Waals surface area (Å²) in [7, 11) is -2.77. The molecule has 0 heterocycles. The number of nitrogens with one attached hydrogen (secondary N) is 1. The van der Waals surface area contributed by atoms with E-state index in [0.717, 1.165) is 31.3 Å². The minimum Gasteiger partial charge on any atom is -0.317 e. The SMILES string of the molecule is CCS(=O)(=O)CCCNCCC1CCCC(C)C1. The fraction of sp³-hybridized carbons (Fsp3) is 1.00. The summed E-state index contributed by atoms with van der Waals surface area (Å²) in [6.45, 7) is 5.95. The Bertz CT molecular complexity index is 314. The first kappa shape index (κ1) is 16.0. The zero-order valence-corrected chi connectivity index (χ0v) is 12.8. The Kier molecular flexibility index (Phi) is 7.23. The van der Waals surface area contributed by atoms with Crippen LogP contribution < -0.4 is 5.32 Å². The number of hydrogen-bond acceptors (Lipinski definition) is 3. The second-order valence-corrected chi connectivity index (χ2v) is 8.24. The van der Waals surface area contributed by atoms with E-state index in [1.54, 1.807) is 6.92 Å². The van der Waals surface area contributed by atoms with Gasteiger partial charge in [0.25, 0.3) is 0 Å². The third kappa shape index (κ3) is 6.74. The predicted molar refractivity (Wildman–Crippen MR) is 77.6 cm³/mol. The molecule has 0 amide bonds. The normalized spacial score (nSPS) is 25.2. The minimum atomic E-state index is -2.77. The van der Waals surface area contributed by atoms with Crippen molar-refractivity contribution in [2.75, 3.05) is 24.6 Å². The van der Waals surface area contributed by atoms with Gasteiger partial charge in [0.15, 0.2) is 0 Å². The van der Waals surface area contributed by atoms with Gasteiger partial charge in [0.2, 0.25) is 0 Å². The lowest BCUT2D eigenvalue weighted by molar-refractivity contribution is 0.268. The molecule has 4 heteroatoms. The molecule has 1 aliphatic carbocycles. The van der Waals surface area contributed by atoms with Crippen LogP contribution >= 0.6 is 0 Å². The molecule has 1 N–H and O–H groups in total. The Morgan fingerprint density at radius 2 is 2.00 bits per heavy atom. The van der Waals surface area contributed by atoms with Gasteiger partial charge in [0, 0.05) is 5.75 Å². The third-order valence-corrected chi connectivity index (χ3v) is 5.81. The van der Waals surface area contributed by atoms with E-state index in [0.29, 0.717) is 5.75 Å². The van der Waals surface area contributed by atoms with Crippen LogP contribution in [-0.4, -0.2) is 33.0 Å². The Morgan fingerprint density at radius 3 is 2.67 bits per heavy atom. The third-order valence-electron chi connectivity index (χ3n) is 4.02. The summed E-state index contributed by atoms with van der Waals surface area (Å²) in [5.41, 5.74) is 0. The molecule has 2 atom stereocenters. The molecule has 1 aliphatic rings. The van der Waals surface area contributed by atoms with Crippen molar-refractivity contribution < 1.29 is 8.42 Å². The molecule has 0 aromatic heterocycles. The van der Waals surface area contributed by atoms with Crippen molar-refractivity contribution in [2.24, 2.45) is 11.8 Å². The monoisotopic (exact) mass is 275 g/mol. The number of rotatable bonds is 8. The lowest BCUT2D eigenvalue weighted by Crippen LogP contribution is -2.23. The average Bonchev–Trinajstić information content (AvgIpc) is 2.34. The van der Waals surface area contributed by atoms with Gasteiger partial charge < -0.3 is 5.32 Å². The highest BCUT2D eigenvalue weighted by Crippen LogP contribution is 2.30. The van der Waals surface area contributed by atoms with Crippen LogP contribution in [0.3, 0.4) is 0 Å². The van der Waals surface area contributed by atoms with E-state index in [9.17, 15) is 8.42 Å². The molecule has 0 aromatic rings. The van der Waals surface area contributed by atoms with Gasteiger partial charge in [0.05, 0.1) is 5.75 Å². The second-order valence-electron chi connectivity index (χ2n) is 5.77. The summed E-state index contributed by atoms with van der Waals surface area (Å²) in [4.78, 5) is 0. The van der Waals surface area contributed by atoms with Crippen LogP contribution in [0.1, 0.15) is 52.4 Å². The zero-order chi connectivity index (χ0) is 13.4. The van der Waals surface area contributed by atoms with Crippen LogP contribution in [0.4, 0.5) is 0 Å². The standard InChI is InChI=1S/C14H29NO2S/c1-3-18(16,17)11-5-9-15-10-8-14-7-4-6-13(2)12-14/h13-15H,3-12H2,1-2H3. The summed E-state index contributed by atoms with van der Waals surface area (Å²) < 4.78 is 22.6. The Balaban J connectivity index is 1.98. The van der Waals surface area contributed by atoms with E-state index in [2.05, 4.69) is 12.2 Å². The molecule has 1 saturated carbocycles. The van der Waals surface area contributed by atoms with E-state index < -0.39 is 9.84 Å². The molecular formula is C14H29NO2S. The number of sulfone groups is 1. The maximum absolute atomic E-state index is 11.3. The Labute approximate surface area is 113 Å². The molecule has 0 aromatic carbocycles. The minimum absolute atomic E-state index is 0.271. The highest BCUT2D eigenvalue weighted by molar-refractivity contribution is 7.91. The highest BCUT2D eigenvalue weighted by atomic mass is 32.2. The van der Waals surface area contributed by atoms with Crippen molar-refractivity contribution in [2.45, 2.75) is 52.4 Å². The molecular weight excluding hydrogens is 246 g/mol. The fourth-order valence-corrected chi connectivity index (χ4v) is 3.69. The molecule has 1 rings (SSSR count). The van der Waals surface area contributed by atoms with Gasteiger partial charge in [-0.2, -0.15) is 0 Å². The summed E-state index contributed by atoms with van der Waals surface area (Å²) in [5.74, 6) is 2.39. The van der Waals surface area contributed by atoms with Crippen molar-refractivity contribution in [1.82, 2.24) is 5.32 Å². The van der Waals surface area contributed by atoms with Crippen molar-refractivity contribution in [1.29, 1.82) is 0 Å². The maximum Gasteiger partial charge on any atom is 0.150 e. The fourth-order valence-electron chi connectivity index (χ4n) is 2.81. The van der Waals surface area contributed by atoms with E-state index in [1.807, 2.05) is 0 Å². The molecule has 0 radical (unpaired) electrons. The van der Waals surface area contributed by atoms with E-state index in [1.165, 1.54) is 32.1 Å². The summed E-state index contributed by atoms with van der Waals surface area (Å²) in [6, 6.07) is 0. The lowest BCUT2D eigenvalue weighted by Gasteiger charge is -2.26. The zero-order valence-electron chi connectivity index (χ0n) is 12.0. The van der Waals surface area contributed by atoms with Crippen LogP contribution in [0.25, 0.3) is 0 Å². The molecule has 1 fully saturated rings. The Hall–Kier alpha value is -0.0900. The van der Waals surface area contributed by atoms with Crippen molar-refractivity contribution >= 4 is 9.84 Å². The largest absolute Gasteiger partial charge is 0.317 e. The maximum atomic E-state index is 11.3. The van der Waals surface area contributed by atoms with Gasteiger partial charge in [-0.1, -0.05) is 33.1 Å². The van der Waals surface area contributed by atoms with Crippen LogP contribution in [-0.2, 0) is 9.84 Å². The molecule has 0 aliphatic heterocycles. The highest BCUT2D eigenvalue weighted by Gasteiger charge is 2.18. The van der Waals surface area contributed by atoms with Crippen LogP contribution in [0.15, 0.2) is 0 Å². The molecule has 0 bridgehead atoms. The first-order valence-electron chi connectivity index (χ1n) is 7.44. The second kappa shape index (κ2) is 8.16. The van der Waals surface area contributed by atoms with Gasteiger partial charge in [-0.3, -0.25) is 0 Å². The molecule has 3 nitrogen and oxygen atoms in total. The quantitative estimate of drug-likeness (QED) is 0.693. The summed E-state index contributed by atoms with van der Waals surface area (Å²) >= 11 is 0. The Morgan fingerprint density at radius 1 is 1.22 bits per heavy atom. The molecule has 0 saturated heterocycles. The van der Waals surface area contributed by atoms with E-state index >= 15 is 0 Å². The molecule has 2 unspecified atom stereocenters. The van der Waals surface area contributed by atoms with Gasteiger partial charge >= 0.3 is 0 Å². The van der Waals surface area contributed by atoms with Gasteiger partial charge in [0.1, 0.15) is 9.84 Å². The smallest absolute Gasteiger partial charge is 0.150 e. The summed E-state index contributed by atoms with van der Waals surface area (Å²) in [5, 5.41) is 3.38. The molecule has 18 heavy (non-hydrogen) atoms. The first-order chi connectivity index (χ1) is 8.53. The van der Waals surface area contributed by atoms with Crippen LogP contribution in [0, 0.1) is 11.8 Å².